The van der Waals surface area contributed by atoms with Crippen molar-refractivity contribution in [3.8, 4) is 12.3 Å². The highest BCUT2D eigenvalue weighted by molar-refractivity contribution is 5.88. The second-order valence-electron chi connectivity index (χ2n) is 8.04. The SMILES string of the molecule is C#CC(Nc1nc(C)nc2cc(=O)n(C3CCOCC3)cc12)c1cccc(C(F)(F)F)c1C. The Morgan fingerprint density at radius 3 is 2.64 bits per heavy atom. The molecule has 0 aliphatic carbocycles. The van der Waals surface area contributed by atoms with E-state index in [1.165, 1.54) is 19.1 Å². The summed E-state index contributed by atoms with van der Waals surface area (Å²) in [6, 6.07) is 4.50. The van der Waals surface area contributed by atoms with Gasteiger partial charge in [-0.1, -0.05) is 18.1 Å². The van der Waals surface area contributed by atoms with Crippen molar-refractivity contribution >= 4 is 16.7 Å². The van der Waals surface area contributed by atoms with Gasteiger partial charge in [-0.25, -0.2) is 9.97 Å². The minimum absolute atomic E-state index is 0.0149. The van der Waals surface area contributed by atoms with Crippen LogP contribution in [0.25, 0.3) is 10.9 Å². The van der Waals surface area contributed by atoms with Crippen LogP contribution in [0.15, 0.2) is 35.3 Å². The molecule has 1 aliphatic rings. The summed E-state index contributed by atoms with van der Waals surface area (Å²) in [6.45, 7) is 4.21. The van der Waals surface area contributed by atoms with Crippen molar-refractivity contribution in [1.29, 1.82) is 0 Å². The number of hydrogen-bond donors (Lipinski definition) is 1. The summed E-state index contributed by atoms with van der Waals surface area (Å²) in [6.07, 6.45) is 4.35. The van der Waals surface area contributed by atoms with Gasteiger partial charge >= 0.3 is 6.18 Å². The highest BCUT2D eigenvalue weighted by Crippen LogP contribution is 2.35. The van der Waals surface area contributed by atoms with E-state index in [1.54, 1.807) is 23.8 Å². The molecule has 0 saturated carbocycles. The fourth-order valence-corrected chi connectivity index (χ4v) is 4.21. The number of halogens is 3. The number of alkyl halides is 3. The topological polar surface area (TPSA) is 69.0 Å². The van der Waals surface area contributed by atoms with Crippen LogP contribution in [0.3, 0.4) is 0 Å². The Morgan fingerprint density at radius 1 is 1.24 bits per heavy atom. The second-order valence-corrected chi connectivity index (χ2v) is 8.04. The Kier molecular flexibility index (Phi) is 6.13. The molecule has 33 heavy (non-hydrogen) atoms. The number of fused-ring (bicyclic) bond motifs is 1. The summed E-state index contributed by atoms with van der Waals surface area (Å²) >= 11 is 0. The molecule has 1 atom stereocenters. The van der Waals surface area contributed by atoms with Crippen LogP contribution in [0.1, 0.15) is 47.4 Å². The highest BCUT2D eigenvalue weighted by atomic mass is 19.4. The summed E-state index contributed by atoms with van der Waals surface area (Å²) in [5, 5.41) is 3.67. The average Bonchev–Trinajstić information content (AvgIpc) is 2.77. The molecule has 1 unspecified atom stereocenters. The molecule has 172 valence electrons. The van der Waals surface area contributed by atoms with Crippen molar-refractivity contribution in [2.24, 2.45) is 0 Å². The molecule has 0 amide bonds. The maximum absolute atomic E-state index is 13.4. The maximum atomic E-state index is 13.4. The Bertz CT molecular complexity index is 1290. The lowest BCUT2D eigenvalue weighted by Crippen LogP contribution is -2.28. The van der Waals surface area contributed by atoms with E-state index in [-0.39, 0.29) is 17.2 Å². The molecule has 1 aliphatic heterocycles. The number of pyridine rings is 1. The lowest BCUT2D eigenvalue weighted by atomic mass is 9.96. The molecule has 3 heterocycles. The van der Waals surface area contributed by atoms with Gasteiger partial charge in [0, 0.05) is 31.5 Å². The summed E-state index contributed by atoms with van der Waals surface area (Å²) in [5.74, 6) is 3.30. The number of hydrogen-bond acceptors (Lipinski definition) is 5. The summed E-state index contributed by atoms with van der Waals surface area (Å²) in [7, 11) is 0. The third kappa shape index (κ3) is 4.57. The molecule has 0 spiro atoms. The quantitative estimate of drug-likeness (QED) is 0.583. The minimum Gasteiger partial charge on any atom is -0.381 e. The van der Waals surface area contributed by atoms with Gasteiger partial charge < -0.3 is 14.6 Å². The zero-order valence-corrected chi connectivity index (χ0v) is 18.2. The van der Waals surface area contributed by atoms with Crippen LogP contribution in [-0.4, -0.2) is 27.7 Å². The van der Waals surface area contributed by atoms with Crippen molar-refractivity contribution in [3.05, 3.63) is 63.3 Å². The average molecular weight is 456 g/mol. The van der Waals surface area contributed by atoms with Crippen LogP contribution in [0.4, 0.5) is 19.0 Å². The first-order chi connectivity index (χ1) is 15.7. The van der Waals surface area contributed by atoms with Gasteiger partial charge in [-0.05, 0) is 43.9 Å². The number of nitrogens with zero attached hydrogens (tertiary/aromatic N) is 3. The zero-order valence-electron chi connectivity index (χ0n) is 18.2. The van der Waals surface area contributed by atoms with Gasteiger partial charge in [0.05, 0.1) is 16.5 Å². The highest BCUT2D eigenvalue weighted by Gasteiger charge is 2.33. The summed E-state index contributed by atoms with van der Waals surface area (Å²) in [4.78, 5) is 21.5. The Morgan fingerprint density at radius 2 is 1.97 bits per heavy atom. The first-order valence-corrected chi connectivity index (χ1v) is 10.6. The van der Waals surface area contributed by atoms with Gasteiger partial charge in [-0.15, -0.1) is 6.42 Å². The number of ether oxygens (including phenoxy) is 1. The van der Waals surface area contributed by atoms with Crippen molar-refractivity contribution in [2.45, 2.75) is 44.9 Å². The van der Waals surface area contributed by atoms with Crippen molar-refractivity contribution in [3.63, 3.8) is 0 Å². The normalized spacial score (nSPS) is 15.9. The van der Waals surface area contributed by atoms with Gasteiger partial charge in [0.2, 0.25) is 0 Å². The largest absolute Gasteiger partial charge is 0.416 e. The number of rotatable bonds is 4. The molecule has 1 fully saturated rings. The summed E-state index contributed by atoms with van der Waals surface area (Å²) < 4.78 is 47.3. The van der Waals surface area contributed by atoms with E-state index in [9.17, 15) is 18.0 Å². The van der Waals surface area contributed by atoms with Crippen molar-refractivity contribution in [1.82, 2.24) is 14.5 Å². The van der Waals surface area contributed by atoms with Crippen LogP contribution in [0.5, 0.6) is 0 Å². The van der Waals surface area contributed by atoms with Crippen LogP contribution in [-0.2, 0) is 10.9 Å². The maximum Gasteiger partial charge on any atom is 0.416 e. The predicted octanol–water partition coefficient (Wildman–Crippen LogP) is 4.57. The van der Waals surface area contributed by atoms with Gasteiger partial charge in [0.1, 0.15) is 17.7 Å². The van der Waals surface area contributed by atoms with Gasteiger partial charge in [-0.3, -0.25) is 4.79 Å². The van der Waals surface area contributed by atoms with Crippen LogP contribution in [0.2, 0.25) is 0 Å². The van der Waals surface area contributed by atoms with E-state index in [0.29, 0.717) is 54.2 Å². The Hall–Kier alpha value is -3.38. The number of nitrogens with one attached hydrogen (secondary N) is 1. The van der Waals surface area contributed by atoms with Crippen LogP contribution in [0, 0.1) is 26.2 Å². The Balaban J connectivity index is 1.79. The van der Waals surface area contributed by atoms with Crippen LogP contribution >= 0.6 is 0 Å². The van der Waals surface area contributed by atoms with E-state index in [1.807, 2.05) is 0 Å². The first kappa shape index (κ1) is 22.8. The molecular formula is C24H23F3N4O2. The molecule has 2 aromatic heterocycles. The number of aryl methyl sites for hydroxylation is 1. The standard InChI is InChI=1S/C24H23F3N4O2/c1-4-20(17-6-5-7-19(14(17)2)24(25,26)27)30-23-18-13-31(16-8-10-33-11-9-16)22(32)12-21(18)28-15(3)29-23/h1,5-7,12-13,16,20H,8-11H2,2-3H3,(H,28,29,30). The first-order valence-electron chi connectivity index (χ1n) is 10.6. The van der Waals surface area contributed by atoms with Gasteiger partial charge in [-0.2, -0.15) is 13.2 Å². The zero-order chi connectivity index (χ0) is 23.8. The van der Waals surface area contributed by atoms with Gasteiger partial charge in [0.15, 0.2) is 0 Å². The fourth-order valence-electron chi connectivity index (χ4n) is 4.21. The molecular weight excluding hydrogens is 433 g/mol. The van der Waals surface area contributed by atoms with Gasteiger partial charge in [0.25, 0.3) is 5.56 Å². The Labute approximate surface area is 188 Å². The third-order valence-corrected chi connectivity index (χ3v) is 5.89. The van der Waals surface area contributed by atoms with E-state index >= 15 is 0 Å². The second kappa shape index (κ2) is 8.87. The number of aromatic nitrogens is 3. The van der Waals surface area contributed by atoms with Crippen LogP contribution < -0.4 is 10.9 Å². The monoisotopic (exact) mass is 456 g/mol. The van der Waals surface area contributed by atoms with E-state index < -0.39 is 17.8 Å². The number of anilines is 1. The van der Waals surface area contributed by atoms with Crippen molar-refractivity contribution in [2.75, 3.05) is 18.5 Å². The molecule has 0 bridgehead atoms. The molecule has 1 aromatic carbocycles. The molecule has 1 N–H and O–H groups in total. The van der Waals surface area contributed by atoms with E-state index in [0.717, 1.165) is 6.07 Å². The number of terminal acetylenes is 1. The molecule has 6 nitrogen and oxygen atoms in total. The molecule has 9 heteroatoms. The smallest absolute Gasteiger partial charge is 0.381 e. The number of benzene rings is 1. The lowest BCUT2D eigenvalue weighted by molar-refractivity contribution is -0.138. The predicted molar refractivity (Wildman–Crippen MR) is 119 cm³/mol. The summed E-state index contributed by atoms with van der Waals surface area (Å²) in [5.41, 5.74) is -0.0983. The minimum atomic E-state index is -4.49. The third-order valence-electron chi connectivity index (χ3n) is 5.89. The van der Waals surface area contributed by atoms with E-state index in [2.05, 4.69) is 21.2 Å². The molecule has 4 rings (SSSR count). The molecule has 0 radical (unpaired) electrons. The van der Waals surface area contributed by atoms with Crippen molar-refractivity contribution < 1.29 is 17.9 Å². The molecule has 3 aromatic rings. The van der Waals surface area contributed by atoms with E-state index in [4.69, 9.17) is 11.2 Å². The molecule has 1 saturated heterocycles. The fraction of sp³-hybridized carbons (Fsp3) is 0.375. The lowest BCUT2D eigenvalue weighted by Gasteiger charge is -2.25.